The molecular weight excluding hydrogens is 400 g/mol. The standard InChI is InChI=1S/C19H21F2N5O2S/c20-13-1-2-15-16(10-13)29-18(23-15)24-19(28)26-6-4-25(5-7-26)17-14(21)9-12(3-8-27)11-22-17/h1-2,9-11,18,23,27H,3-8H2,(H,24,28). The molecule has 7 nitrogen and oxygen atoms in total. The number of rotatable bonds is 4. The molecule has 2 aromatic rings. The zero-order valence-electron chi connectivity index (χ0n) is 15.6. The number of thioether (sulfide) groups is 1. The minimum absolute atomic E-state index is 0.0532. The highest BCUT2D eigenvalue weighted by Gasteiger charge is 2.28. The van der Waals surface area contributed by atoms with Gasteiger partial charge in [-0.25, -0.2) is 18.6 Å². The van der Waals surface area contributed by atoms with E-state index < -0.39 is 5.82 Å². The number of aliphatic hydroxyl groups is 1. The third-order valence-corrected chi connectivity index (χ3v) is 5.94. The van der Waals surface area contributed by atoms with Crippen molar-refractivity contribution in [1.82, 2.24) is 15.2 Å². The molecule has 1 saturated heterocycles. The molecule has 1 aromatic heterocycles. The summed E-state index contributed by atoms with van der Waals surface area (Å²) in [7, 11) is 0. The van der Waals surface area contributed by atoms with Crippen LogP contribution in [0, 0.1) is 11.6 Å². The highest BCUT2D eigenvalue weighted by molar-refractivity contribution is 8.00. The number of halogens is 2. The van der Waals surface area contributed by atoms with Gasteiger partial charge in [-0.1, -0.05) is 11.8 Å². The fraction of sp³-hybridized carbons (Fsp3) is 0.368. The number of carbonyl (C=O) groups is 1. The second-order valence-corrected chi connectivity index (χ2v) is 7.98. The summed E-state index contributed by atoms with van der Waals surface area (Å²) in [5.74, 6) is -0.478. The Labute approximate surface area is 171 Å². The molecule has 10 heteroatoms. The predicted molar refractivity (Wildman–Crippen MR) is 107 cm³/mol. The van der Waals surface area contributed by atoms with Crippen LogP contribution in [0.5, 0.6) is 0 Å². The van der Waals surface area contributed by atoms with Crippen LogP contribution in [0.3, 0.4) is 0 Å². The van der Waals surface area contributed by atoms with Gasteiger partial charge in [-0.05, 0) is 36.2 Å². The van der Waals surface area contributed by atoms with Crippen molar-refractivity contribution < 1.29 is 18.7 Å². The number of hydrogen-bond acceptors (Lipinski definition) is 6. The molecule has 3 heterocycles. The van der Waals surface area contributed by atoms with E-state index in [-0.39, 0.29) is 29.8 Å². The van der Waals surface area contributed by atoms with Gasteiger partial charge in [-0.3, -0.25) is 0 Å². The Kier molecular flexibility index (Phi) is 5.72. The van der Waals surface area contributed by atoms with Crippen molar-refractivity contribution in [2.45, 2.75) is 16.8 Å². The van der Waals surface area contributed by atoms with Gasteiger partial charge in [-0.2, -0.15) is 0 Å². The van der Waals surface area contributed by atoms with Gasteiger partial charge in [0.2, 0.25) is 0 Å². The van der Waals surface area contributed by atoms with Crippen molar-refractivity contribution in [3.8, 4) is 0 Å². The summed E-state index contributed by atoms with van der Waals surface area (Å²) in [6.45, 7) is 1.75. The molecule has 154 valence electrons. The fourth-order valence-corrected chi connectivity index (χ4v) is 4.40. The fourth-order valence-electron chi connectivity index (χ4n) is 3.37. The molecule has 1 atom stereocenters. The molecule has 0 radical (unpaired) electrons. The van der Waals surface area contributed by atoms with E-state index in [0.717, 1.165) is 10.6 Å². The number of piperazine rings is 1. The second kappa shape index (κ2) is 8.42. The maximum absolute atomic E-state index is 14.3. The number of anilines is 2. The quantitative estimate of drug-likeness (QED) is 0.703. The van der Waals surface area contributed by atoms with Crippen LogP contribution in [0.1, 0.15) is 5.56 Å². The first-order valence-corrected chi connectivity index (χ1v) is 10.2. The normalized spacial score (nSPS) is 18.4. The van der Waals surface area contributed by atoms with Crippen molar-refractivity contribution >= 4 is 29.3 Å². The van der Waals surface area contributed by atoms with Crippen LogP contribution in [0.2, 0.25) is 0 Å². The number of amides is 2. The van der Waals surface area contributed by atoms with E-state index in [9.17, 15) is 13.6 Å². The predicted octanol–water partition coefficient (Wildman–Crippen LogP) is 2.23. The summed E-state index contributed by atoms with van der Waals surface area (Å²) in [5.41, 5.74) is 1.07. The summed E-state index contributed by atoms with van der Waals surface area (Å²) in [6.07, 6.45) is 1.93. The summed E-state index contributed by atoms with van der Waals surface area (Å²) in [5, 5.41) is 15.0. The number of hydrogen-bond donors (Lipinski definition) is 3. The number of urea groups is 1. The number of pyridine rings is 1. The van der Waals surface area contributed by atoms with Crippen molar-refractivity contribution in [2.75, 3.05) is 43.0 Å². The van der Waals surface area contributed by atoms with E-state index in [4.69, 9.17) is 5.11 Å². The number of nitrogens with zero attached hydrogens (tertiary/aromatic N) is 3. The Hall–Kier alpha value is -2.59. The molecule has 1 aromatic carbocycles. The minimum Gasteiger partial charge on any atom is -0.396 e. The lowest BCUT2D eigenvalue weighted by Crippen LogP contribution is -2.54. The largest absolute Gasteiger partial charge is 0.396 e. The van der Waals surface area contributed by atoms with E-state index in [0.29, 0.717) is 38.2 Å². The SMILES string of the molecule is O=C(NC1Nc2ccc(F)cc2S1)N1CCN(c2ncc(CCO)cc2F)CC1. The third kappa shape index (κ3) is 4.38. The number of nitrogens with one attached hydrogen (secondary N) is 2. The van der Waals surface area contributed by atoms with Gasteiger partial charge < -0.3 is 25.5 Å². The molecule has 2 aliphatic rings. The van der Waals surface area contributed by atoms with E-state index in [1.54, 1.807) is 17.2 Å². The monoisotopic (exact) mass is 421 g/mol. The molecule has 0 aliphatic carbocycles. The zero-order valence-corrected chi connectivity index (χ0v) is 16.4. The minimum atomic E-state index is -0.426. The average molecular weight is 421 g/mol. The number of aliphatic hydroxyl groups excluding tert-OH is 1. The van der Waals surface area contributed by atoms with Crippen LogP contribution in [-0.4, -0.2) is 59.3 Å². The Morgan fingerprint density at radius 3 is 2.79 bits per heavy atom. The molecule has 1 unspecified atom stereocenters. The van der Waals surface area contributed by atoms with E-state index in [1.165, 1.54) is 30.0 Å². The molecule has 2 aliphatic heterocycles. The molecule has 3 N–H and O–H groups in total. The lowest BCUT2D eigenvalue weighted by atomic mass is 10.2. The van der Waals surface area contributed by atoms with Crippen LogP contribution in [0.25, 0.3) is 0 Å². The Bertz CT molecular complexity index is 908. The molecular formula is C19H21F2N5O2S. The molecule has 0 saturated carbocycles. The Morgan fingerprint density at radius 2 is 2.07 bits per heavy atom. The van der Waals surface area contributed by atoms with Gasteiger partial charge in [0.25, 0.3) is 0 Å². The van der Waals surface area contributed by atoms with Crippen LogP contribution >= 0.6 is 11.8 Å². The molecule has 4 rings (SSSR count). The van der Waals surface area contributed by atoms with Gasteiger partial charge >= 0.3 is 6.03 Å². The zero-order chi connectivity index (χ0) is 20.4. The smallest absolute Gasteiger partial charge is 0.319 e. The number of carbonyl (C=O) groups excluding carboxylic acids is 1. The lowest BCUT2D eigenvalue weighted by molar-refractivity contribution is 0.194. The van der Waals surface area contributed by atoms with E-state index in [1.807, 2.05) is 4.90 Å². The first-order chi connectivity index (χ1) is 14.0. The first-order valence-electron chi connectivity index (χ1n) is 9.32. The van der Waals surface area contributed by atoms with Gasteiger partial charge in [0.15, 0.2) is 17.1 Å². The second-order valence-electron chi connectivity index (χ2n) is 6.83. The van der Waals surface area contributed by atoms with Gasteiger partial charge in [-0.15, -0.1) is 0 Å². The van der Waals surface area contributed by atoms with Crippen molar-refractivity contribution in [2.24, 2.45) is 0 Å². The van der Waals surface area contributed by atoms with E-state index >= 15 is 0 Å². The van der Waals surface area contributed by atoms with Crippen LogP contribution in [0.15, 0.2) is 35.4 Å². The molecule has 29 heavy (non-hydrogen) atoms. The van der Waals surface area contributed by atoms with Gasteiger partial charge in [0.05, 0.1) is 5.69 Å². The average Bonchev–Trinajstić information content (AvgIpc) is 3.10. The van der Waals surface area contributed by atoms with Gasteiger partial charge in [0, 0.05) is 43.9 Å². The summed E-state index contributed by atoms with van der Waals surface area (Å²) in [4.78, 5) is 21.0. The maximum atomic E-state index is 14.3. The Morgan fingerprint density at radius 1 is 1.28 bits per heavy atom. The lowest BCUT2D eigenvalue weighted by Gasteiger charge is -2.36. The van der Waals surface area contributed by atoms with E-state index in [2.05, 4.69) is 15.6 Å². The van der Waals surface area contributed by atoms with Crippen molar-refractivity contribution in [3.63, 3.8) is 0 Å². The summed E-state index contributed by atoms with van der Waals surface area (Å²) in [6, 6.07) is 5.62. The highest BCUT2D eigenvalue weighted by atomic mass is 32.2. The van der Waals surface area contributed by atoms with Gasteiger partial charge in [0.1, 0.15) is 5.82 Å². The van der Waals surface area contributed by atoms with Crippen LogP contribution in [-0.2, 0) is 6.42 Å². The van der Waals surface area contributed by atoms with Crippen LogP contribution < -0.4 is 15.5 Å². The number of fused-ring (bicyclic) bond motifs is 1. The molecule has 0 bridgehead atoms. The Balaban J connectivity index is 1.30. The first kappa shape index (κ1) is 19.7. The third-order valence-electron chi connectivity index (χ3n) is 4.87. The highest BCUT2D eigenvalue weighted by Crippen LogP contribution is 2.37. The molecule has 2 amide bonds. The molecule has 1 fully saturated rings. The van der Waals surface area contributed by atoms with Crippen molar-refractivity contribution in [1.29, 1.82) is 0 Å². The van der Waals surface area contributed by atoms with Crippen molar-refractivity contribution in [3.05, 3.63) is 47.7 Å². The topological polar surface area (TPSA) is 80.7 Å². The molecule has 0 spiro atoms. The number of benzene rings is 1. The summed E-state index contributed by atoms with van der Waals surface area (Å²) >= 11 is 1.35. The maximum Gasteiger partial charge on any atom is 0.319 e. The number of aromatic nitrogens is 1. The van der Waals surface area contributed by atoms with Crippen LogP contribution in [0.4, 0.5) is 25.1 Å². The summed E-state index contributed by atoms with van der Waals surface area (Å²) < 4.78 is 27.6.